The van der Waals surface area contributed by atoms with Crippen molar-refractivity contribution in [1.82, 2.24) is 4.98 Å². The Morgan fingerprint density at radius 3 is 2.76 bits per heavy atom. The van der Waals surface area contributed by atoms with E-state index in [4.69, 9.17) is 0 Å². The molecule has 1 aromatic heterocycles. The summed E-state index contributed by atoms with van der Waals surface area (Å²) < 4.78 is 0. The Hall–Kier alpha value is -0.610. The average molecular weight is 252 g/mol. The van der Waals surface area contributed by atoms with Crippen molar-refractivity contribution in [3.05, 3.63) is 10.6 Å². The van der Waals surface area contributed by atoms with Crippen molar-refractivity contribution in [2.24, 2.45) is 5.41 Å². The maximum absolute atomic E-state index is 9.23. The Kier molecular flexibility index (Phi) is 2.87. The molecule has 0 amide bonds. The molecule has 2 heterocycles. The number of aliphatic hydroxyl groups excluding tert-OH is 1. The van der Waals surface area contributed by atoms with Crippen LogP contribution in [-0.2, 0) is 6.61 Å². The Bertz CT molecular complexity index is 410. The van der Waals surface area contributed by atoms with E-state index >= 15 is 0 Å². The van der Waals surface area contributed by atoms with Crippen molar-refractivity contribution in [3.8, 4) is 0 Å². The van der Waals surface area contributed by atoms with Crippen molar-refractivity contribution in [2.45, 2.75) is 45.6 Å². The number of rotatable bonds is 2. The first-order chi connectivity index (χ1) is 8.22. The molecule has 1 N–H and O–H groups in total. The molecule has 1 aromatic rings. The van der Waals surface area contributed by atoms with Crippen molar-refractivity contribution >= 4 is 16.5 Å². The molecule has 0 radical (unpaired) electrons. The number of aromatic nitrogens is 1. The van der Waals surface area contributed by atoms with E-state index in [1.165, 1.54) is 38.6 Å². The van der Waals surface area contributed by atoms with Crippen molar-refractivity contribution < 1.29 is 5.11 Å². The molecule has 0 bridgehead atoms. The largest absolute Gasteiger partial charge is 0.391 e. The second kappa shape index (κ2) is 4.25. The SMILES string of the molecule is Cc1nc(N2CCC3(CCCC3)C2)sc1CO. The van der Waals surface area contributed by atoms with E-state index in [0.717, 1.165) is 22.2 Å². The molecule has 1 aliphatic carbocycles. The molecule has 1 aliphatic heterocycles. The second-order valence-electron chi connectivity index (χ2n) is 5.54. The molecule has 17 heavy (non-hydrogen) atoms. The molecular weight excluding hydrogens is 232 g/mol. The first-order valence-electron chi connectivity index (χ1n) is 6.55. The summed E-state index contributed by atoms with van der Waals surface area (Å²) in [6.07, 6.45) is 6.96. The zero-order valence-corrected chi connectivity index (χ0v) is 11.2. The highest BCUT2D eigenvalue weighted by Crippen LogP contribution is 2.46. The fourth-order valence-electron chi connectivity index (χ4n) is 3.33. The van der Waals surface area contributed by atoms with Gasteiger partial charge in [-0.05, 0) is 31.6 Å². The van der Waals surface area contributed by atoms with Gasteiger partial charge in [0.15, 0.2) is 5.13 Å². The minimum atomic E-state index is 0.127. The van der Waals surface area contributed by atoms with Crippen LogP contribution in [0.25, 0.3) is 0 Å². The van der Waals surface area contributed by atoms with Crippen LogP contribution < -0.4 is 4.90 Å². The summed E-state index contributed by atoms with van der Waals surface area (Å²) in [4.78, 5) is 8.06. The lowest BCUT2D eigenvalue weighted by Gasteiger charge is -2.23. The van der Waals surface area contributed by atoms with E-state index in [9.17, 15) is 5.11 Å². The van der Waals surface area contributed by atoms with E-state index < -0.39 is 0 Å². The normalized spacial score (nSPS) is 22.8. The van der Waals surface area contributed by atoms with Gasteiger partial charge in [0.2, 0.25) is 0 Å². The fourth-order valence-corrected chi connectivity index (χ4v) is 4.27. The highest BCUT2D eigenvalue weighted by Gasteiger charge is 2.40. The zero-order chi connectivity index (χ0) is 11.9. The van der Waals surface area contributed by atoms with Crippen molar-refractivity contribution in [2.75, 3.05) is 18.0 Å². The summed E-state index contributed by atoms with van der Waals surface area (Å²) in [7, 11) is 0. The van der Waals surface area contributed by atoms with Gasteiger partial charge in [-0.1, -0.05) is 24.2 Å². The molecule has 1 saturated carbocycles. The highest BCUT2D eigenvalue weighted by atomic mass is 32.1. The van der Waals surface area contributed by atoms with E-state index in [-0.39, 0.29) is 6.61 Å². The molecule has 0 atom stereocenters. The summed E-state index contributed by atoms with van der Waals surface area (Å²) in [5, 5.41) is 10.4. The Balaban J connectivity index is 1.77. The van der Waals surface area contributed by atoms with Crippen LogP contribution in [0.1, 0.15) is 42.7 Å². The maximum Gasteiger partial charge on any atom is 0.185 e. The number of aliphatic hydroxyl groups is 1. The summed E-state index contributed by atoms with van der Waals surface area (Å²) in [6.45, 7) is 4.46. The number of nitrogens with zero attached hydrogens (tertiary/aromatic N) is 2. The van der Waals surface area contributed by atoms with Crippen LogP contribution in [0.15, 0.2) is 0 Å². The number of anilines is 1. The van der Waals surface area contributed by atoms with E-state index in [2.05, 4.69) is 9.88 Å². The molecule has 1 saturated heterocycles. The van der Waals surface area contributed by atoms with Crippen molar-refractivity contribution in [3.63, 3.8) is 0 Å². The second-order valence-corrected chi connectivity index (χ2v) is 6.60. The highest BCUT2D eigenvalue weighted by molar-refractivity contribution is 7.15. The van der Waals surface area contributed by atoms with Gasteiger partial charge in [-0.3, -0.25) is 0 Å². The molecule has 4 heteroatoms. The van der Waals surface area contributed by atoms with Crippen LogP contribution in [0.3, 0.4) is 0 Å². The third-order valence-electron chi connectivity index (χ3n) is 4.40. The van der Waals surface area contributed by atoms with Gasteiger partial charge < -0.3 is 10.0 Å². The first kappa shape index (κ1) is 11.5. The summed E-state index contributed by atoms with van der Waals surface area (Å²) >= 11 is 1.66. The van der Waals surface area contributed by atoms with Gasteiger partial charge in [0.25, 0.3) is 0 Å². The molecule has 3 nitrogen and oxygen atoms in total. The van der Waals surface area contributed by atoms with Gasteiger partial charge in [-0.15, -0.1) is 0 Å². The number of hydrogen-bond donors (Lipinski definition) is 1. The number of hydrogen-bond acceptors (Lipinski definition) is 4. The minimum absolute atomic E-state index is 0.127. The van der Waals surface area contributed by atoms with Crippen LogP contribution in [-0.4, -0.2) is 23.2 Å². The van der Waals surface area contributed by atoms with Crippen LogP contribution in [0.2, 0.25) is 0 Å². The molecule has 0 aromatic carbocycles. The third-order valence-corrected chi connectivity index (χ3v) is 5.60. The first-order valence-corrected chi connectivity index (χ1v) is 7.36. The lowest BCUT2D eigenvalue weighted by atomic mass is 9.86. The topological polar surface area (TPSA) is 36.4 Å². The lowest BCUT2D eigenvalue weighted by Crippen LogP contribution is -2.24. The van der Waals surface area contributed by atoms with E-state index in [1.807, 2.05) is 6.92 Å². The van der Waals surface area contributed by atoms with E-state index in [0.29, 0.717) is 5.41 Å². The quantitative estimate of drug-likeness (QED) is 0.879. The lowest BCUT2D eigenvalue weighted by molar-refractivity contribution is 0.284. The Morgan fingerprint density at radius 1 is 1.35 bits per heavy atom. The summed E-state index contributed by atoms with van der Waals surface area (Å²) in [6, 6.07) is 0. The molecule has 1 spiro atoms. The standard InChI is InChI=1S/C13H20N2OS/c1-10-11(8-16)17-12(14-10)15-7-6-13(9-15)4-2-3-5-13/h16H,2-9H2,1H3. The molecule has 2 aliphatic rings. The zero-order valence-electron chi connectivity index (χ0n) is 10.4. The molecule has 3 rings (SSSR count). The molecular formula is C13H20N2OS. The van der Waals surface area contributed by atoms with Gasteiger partial charge >= 0.3 is 0 Å². The number of aryl methyl sites for hydroxylation is 1. The van der Waals surface area contributed by atoms with Gasteiger partial charge in [0, 0.05) is 13.1 Å². The molecule has 94 valence electrons. The van der Waals surface area contributed by atoms with Crippen molar-refractivity contribution in [1.29, 1.82) is 0 Å². The Morgan fingerprint density at radius 2 is 2.12 bits per heavy atom. The monoisotopic (exact) mass is 252 g/mol. The van der Waals surface area contributed by atoms with E-state index in [1.54, 1.807) is 11.3 Å². The summed E-state index contributed by atoms with van der Waals surface area (Å²) in [5.74, 6) is 0. The molecule has 0 unspecified atom stereocenters. The van der Waals surface area contributed by atoms with Crippen LogP contribution in [0.4, 0.5) is 5.13 Å². The minimum Gasteiger partial charge on any atom is -0.391 e. The average Bonchev–Trinajstić information content (AvgIpc) is 3.01. The predicted octanol–water partition coefficient (Wildman–Crippen LogP) is 2.71. The third kappa shape index (κ3) is 1.97. The van der Waals surface area contributed by atoms with Crippen LogP contribution in [0, 0.1) is 12.3 Å². The van der Waals surface area contributed by atoms with Gasteiger partial charge in [0.05, 0.1) is 17.2 Å². The Labute approximate surface area is 106 Å². The maximum atomic E-state index is 9.23. The predicted molar refractivity (Wildman–Crippen MR) is 70.5 cm³/mol. The number of thiazole rings is 1. The summed E-state index contributed by atoms with van der Waals surface area (Å²) in [5.41, 5.74) is 1.60. The molecule has 2 fully saturated rings. The fraction of sp³-hybridized carbons (Fsp3) is 0.769. The van der Waals surface area contributed by atoms with Gasteiger partial charge in [0.1, 0.15) is 0 Å². The van der Waals surface area contributed by atoms with Crippen LogP contribution in [0.5, 0.6) is 0 Å². The van der Waals surface area contributed by atoms with Gasteiger partial charge in [-0.2, -0.15) is 0 Å². The van der Waals surface area contributed by atoms with Crippen LogP contribution >= 0.6 is 11.3 Å². The smallest absolute Gasteiger partial charge is 0.185 e. The van der Waals surface area contributed by atoms with Gasteiger partial charge in [-0.25, -0.2) is 4.98 Å².